The maximum Gasteiger partial charge on any atom is 0.391 e. The van der Waals surface area contributed by atoms with Crippen molar-refractivity contribution in [2.45, 2.75) is 19.0 Å². The third-order valence-corrected chi connectivity index (χ3v) is 4.92. The molecule has 2 aromatic rings. The number of carbonyl (C=O) groups is 1. The van der Waals surface area contributed by atoms with E-state index in [0.29, 0.717) is 5.56 Å². The van der Waals surface area contributed by atoms with Crippen molar-refractivity contribution < 1.29 is 18.0 Å². The summed E-state index contributed by atoms with van der Waals surface area (Å²) >= 11 is 3.39. The van der Waals surface area contributed by atoms with Gasteiger partial charge in [0, 0.05) is 41.7 Å². The Labute approximate surface area is 140 Å². The van der Waals surface area contributed by atoms with E-state index in [1.807, 2.05) is 29.8 Å². The van der Waals surface area contributed by atoms with Gasteiger partial charge in [0.15, 0.2) is 0 Å². The first-order valence-corrected chi connectivity index (χ1v) is 8.17. The molecule has 1 fully saturated rings. The van der Waals surface area contributed by atoms with Crippen LogP contribution in [-0.2, 0) is 7.05 Å². The Kier molecular flexibility index (Phi) is 4.16. The fourth-order valence-corrected chi connectivity index (χ4v) is 3.48. The molecular weight excluding hydrogens is 373 g/mol. The molecular formula is C16H16BrF3N2O. The van der Waals surface area contributed by atoms with Crippen LogP contribution in [0.4, 0.5) is 13.2 Å². The smallest absolute Gasteiger partial charge is 0.350 e. The predicted octanol–water partition coefficient (Wildman–Crippen LogP) is 4.36. The molecule has 2 heterocycles. The van der Waals surface area contributed by atoms with Crippen molar-refractivity contribution in [3.05, 3.63) is 34.4 Å². The third kappa shape index (κ3) is 3.11. The molecule has 3 nitrogen and oxygen atoms in total. The molecule has 0 spiro atoms. The van der Waals surface area contributed by atoms with E-state index in [0.717, 1.165) is 15.4 Å². The van der Waals surface area contributed by atoms with E-state index in [-0.39, 0.29) is 31.8 Å². The lowest BCUT2D eigenvalue weighted by Gasteiger charge is -2.32. The summed E-state index contributed by atoms with van der Waals surface area (Å²) in [5.74, 6) is -1.50. The number of alkyl halides is 3. The molecule has 0 bridgehead atoms. The standard InChI is InChI=1S/C16H16BrF3N2O/c1-21-9-13(12-8-11(17)2-3-14(12)21)15(23)22-6-4-10(5-7-22)16(18,19)20/h2-3,8-10H,4-7H2,1H3. The van der Waals surface area contributed by atoms with E-state index >= 15 is 0 Å². The highest BCUT2D eigenvalue weighted by molar-refractivity contribution is 9.10. The maximum absolute atomic E-state index is 12.7. The zero-order chi connectivity index (χ0) is 16.8. The molecule has 0 saturated carbocycles. The number of amides is 1. The third-order valence-electron chi connectivity index (χ3n) is 4.43. The highest BCUT2D eigenvalue weighted by atomic mass is 79.9. The average molecular weight is 389 g/mol. The number of hydrogen-bond acceptors (Lipinski definition) is 1. The Morgan fingerprint density at radius 1 is 1.26 bits per heavy atom. The van der Waals surface area contributed by atoms with E-state index in [4.69, 9.17) is 0 Å². The molecule has 7 heteroatoms. The van der Waals surface area contributed by atoms with Crippen molar-refractivity contribution in [3.63, 3.8) is 0 Å². The zero-order valence-electron chi connectivity index (χ0n) is 12.5. The number of carbonyl (C=O) groups excluding carboxylic acids is 1. The van der Waals surface area contributed by atoms with E-state index in [9.17, 15) is 18.0 Å². The van der Waals surface area contributed by atoms with Crippen molar-refractivity contribution in [2.75, 3.05) is 13.1 Å². The number of fused-ring (bicyclic) bond motifs is 1. The minimum Gasteiger partial charge on any atom is -0.350 e. The van der Waals surface area contributed by atoms with Crippen LogP contribution in [0, 0.1) is 5.92 Å². The molecule has 1 aliphatic rings. The largest absolute Gasteiger partial charge is 0.391 e. The number of aromatic nitrogens is 1. The van der Waals surface area contributed by atoms with Gasteiger partial charge in [-0.2, -0.15) is 13.2 Å². The quantitative estimate of drug-likeness (QED) is 0.712. The lowest BCUT2D eigenvalue weighted by atomic mass is 9.96. The van der Waals surface area contributed by atoms with Crippen LogP contribution in [0.15, 0.2) is 28.9 Å². The highest BCUT2D eigenvalue weighted by Crippen LogP contribution is 2.35. The van der Waals surface area contributed by atoms with Crippen LogP contribution < -0.4 is 0 Å². The molecule has 1 amide bonds. The van der Waals surface area contributed by atoms with Crippen molar-refractivity contribution in [1.29, 1.82) is 0 Å². The first-order valence-electron chi connectivity index (χ1n) is 7.38. The van der Waals surface area contributed by atoms with E-state index in [2.05, 4.69) is 15.9 Å². The van der Waals surface area contributed by atoms with E-state index in [1.54, 1.807) is 6.20 Å². The lowest BCUT2D eigenvalue weighted by Crippen LogP contribution is -2.42. The summed E-state index contributed by atoms with van der Waals surface area (Å²) < 4.78 is 40.9. The molecule has 0 aliphatic carbocycles. The van der Waals surface area contributed by atoms with Gasteiger partial charge in [0.1, 0.15) is 0 Å². The van der Waals surface area contributed by atoms with Crippen LogP contribution in [-0.4, -0.2) is 34.6 Å². The maximum atomic E-state index is 12.7. The predicted molar refractivity (Wildman–Crippen MR) is 85.3 cm³/mol. The minimum atomic E-state index is -4.17. The van der Waals surface area contributed by atoms with Crippen molar-refractivity contribution in [2.24, 2.45) is 13.0 Å². The van der Waals surface area contributed by atoms with Crippen molar-refractivity contribution in [1.82, 2.24) is 9.47 Å². The molecule has 3 rings (SSSR count). The lowest BCUT2D eigenvalue weighted by molar-refractivity contribution is -0.183. The summed E-state index contributed by atoms with van der Waals surface area (Å²) in [5.41, 5.74) is 1.45. The van der Waals surface area contributed by atoms with Gasteiger partial charge in [0.25, 0.3) is 5.91 Å². The molecule has 1 saturated heterocycles. The molecule has 23 heavy (non-hydrogen) atoms. The Morgan fingerprint density at radius 2 is 1.91 bits per heavy atom. The number of nitrogens with zero attached hydrogens (tertiary/aromatic N) is 2. The highest BCUT2D eigenvalue weighted by Gasteiger charge is 2.41. The Bertz CT molecular complexity index is 746. The number of hydrogen-bond donors (Lipinski definition) is 0. The van der Waals surface area contributed by atoms with Gasteiger partial charge in [-0.15, -0.1) is 0 Å². The summed E-state index contributed by atoms with van der Waals surface area (Å²) in [7, 11) is 1.85. The average Bonchev–Trinajstić information content (AvgIpc) is 2.82. The molecule has 0 radical (unpaired) electrons. The van der Waals surface area contributed by atoms with Gasteiger partial charge in [-0.1, -0.05) is 15.9 Å². The number of halogens is 4. The van der Waals surface area contributed by atoms with E-state index in [1.165, 1.54) is 4.90 Å². The Hall–Kier alpha value is -1.50. The molecule has 0 N–H and O–H groups in total. The fourth-order valence-electron chi connectivity index (χ4n) is 3.11. The van der Waals surface area contributed by atoms with Gasteiger partial charge in [0.05, 0.1) is 11.5 Å². The summed E-state index contributed by atoms with van der Waals surface area (Å²) in [5, 5.41) is 0.810. The SMILES string of the molecule is Cn1cc(C(=O)N2CCC(C(F)(F)F)CC2)c2cc(Br)ccc21. The number of rotatable bonds is 1. The summed E-state index contributed by atoms with van der Waals surface area (Å²) in [4.78, 5) is 14.2. The van der Waals surface area contributed by atoms with Crippen LogP contribution in [0.25, 0.3) is 10.9 Å². The summed E-state index contributed by atoms with van der Waals surface area (Å²) in [6.45, 7) is 0.292. The number of likely N-dealkylation sites (tertiary alicyclic amines) is 1. The van der Waals surface area contributed by atoms with Crippen molar-refractivity contribution in [3.8, 4) is 0 Å². The second-order valence-corrected chi connectivity index (χ2v) is 6.84. The second kappa shape index (κ2) is 5.85. The minimum absolute atomic E-state index is 0.0241. The zero-order valence-corrected chi connectivity index (χ0v) is 14.1. The fraction of sp³-hybridized carbons (Fsp3) is 0.438. The van der Waals surface area contributed by atoms with E-state index < -0.39 is 12.1 Å². The first-order chi connectivity index (χ1) is 10.8. The molecule has 124 valence electrons. The summed E-state index contributed by atoms with van der Waals surface area (Å²) in [6, 6.07) is 5.67. The Balaban J connectivity index is 1.84. The first kappa shape index (κ1) is 16.4. The molecule has 0 unspecified atom stereocenters. The normalized spacial score (nSPS) is 17.0. The topological polar surface area (TPSA) is 25.2 Å². The molecule has 1 aromatic heterocycles. The van der Waals surface area contributed by atoms with Gasteiger partial charge in [-0.25, -0.2) is 0 Å². The van der Waals surface area contributed by atoms with Gasteiger partial charge in [-0.05, 0) is 31.0 Å². The molecule has 1 aliphatic heterocycles. The van der Waals surface area contributed by atoms with Crippen LogP contribution in [0.3, 0.4) is 0 Å². The van der Waals surface area contributed by atoms with Crippen LogP contribution >= 0.6 is 15.9 Å². The van der Waals surface area contributed by atoms with Crippen LogP contribution in [0.2, 0.25) is 0 Å². The van der Waals surface area contributed by atoms with Gasteiger partial charge >= 0.3 is 6.18 Å². The Morgan fingerprint density at radius 3 is 2.52 bits per heavy atom. The van der Waals surface area contributed by atoms with Gasteiger partial charge in [0.2, 0.25) is 0 Å². The number of aryl methyl sites for hydroxylation is 1. The number of benzene rings is 1. The van der Waals surface area contributed by atoms with Crippen LogP contribution in [0.1, 0.15) is 23.2 Å². The summed E-state index contributed by atoms with van der Waals surface area (Å²) in [6.07, 6.45) is -2.47. The van der Waals surface area contributed by atoms with Crippen LogP contribution in [0.5, 0.6) is 0 Å². The monoisotopic (exact) mass is 388 g/mol. The second-order valence-electron chi connectivity index (χ2n) is 5.92. The van der Waals surface area contributed by atoms with Crippen molar-refractivity contribution >= 4 is 32.7 Å². The molecule has 0 atom stereocenters. The molecule has 1 aromatic carbocycles. The number of piperidine rings is 1. The van der Waals surface area contributed by atoms with Gasteiger partial charge in [-0.3, -0.25) is 4.79 Å². The van der Waals surface area contributed by atoms with Gasteiger partial charge < -0.3 is 9.47 Å².